The fourth-order valence-corrected chi connectivity index (χ4v) is 3.85. The van der Waals surface area contributed by atoms with Gasteiger partial charge in [0.2, 0.25) is 0 Å². The van der Waals surface area contributed by atoms with Crippen molar-refractivity contribution in [3.05, 3.63) is 23.8 Å². The summed E-state index contributed by atoms with van der Waals surface area (Å²) in [7, 11) is 4.29. The molecule has 0 fully saturated rings. The van der Waals surface area contributed by atoms with Crippen LogP contribution in [0.2, 0.25) is 0 Å². The SMILES string of the molecule is CNC(=O)COc1cc(C[C@@H](C[C@H](NC(=O)OC(C)(C)C)[C@@H](O)C[C@@H](OC)C(=O)O)C(C)C)ccc1OC. The zero-order chi connectivity index (χ0) is 29.0. The third kappa shape index (κ3) is 11.6. The Balaban J connectivity index is 3.18. The van der Waals surface area contributed by atoms with E-state index >= 15 is 0 Å². The maximum absolute atomic E-state index is 12.6. The van der Waals surface area contributed by atoms with Crippen LogP contribution in [-0.4, -0.2) is 79.9 Å². The Bertz CT molecular complexity index is 914. The van der Waals surface area contributed by atoms with Crippen molar-refractivity contribution < 1.29 is 43.5 Å². The normalized spacial score (nSPS) is 14.7. The van der Waals surface area contributed by atoms with Gasteiger partial charge in [0.15, 0.2) is 24.2 Å². The molecule has 1 aromatic rings. The first-order valence-electron chi connectivity index (χ1n) is 12.6. The molecule has 0 aliphatic heterocycles. The highest BCUT2D eigenvalue weighted by atomic mass is 16.6. The van der Waals surface area contributed by atoms with Gasteiger partial charge in [-0.25, -0.2) is 9.59 Å². The number of aliphatic hydroxyl groups is 1. The smallest absolute Gasteiger partial charge is 0.407 e. The average Bonchev–Trinajstić information content (AvgIpc) is 2.83. The quantitative estimate of drug-likeness (QED) is 0.263. The summed E-state index contributed by atoms with van der Waals surface area (Å²) in [5.74, 6) is -0.471. The molecule has 0 radical (unpaired) electrons. The maximum Gasteiger partial charge on any atom is 0.407 e. The summed E-state index contributed by atoms with van der Waals surface area (Å²) in [5, 5.41) is 25.6. The minimum absolute atomic E-state index is 0.0319. The molecule has 4 N–H and O–H groups in total. The van der Waals surface area contributed by atoms with Gasteiger partial charge in [-0.15, -0.1) is 0 Å². The lowest BCUT2D eigenvalue weighted by Crippen LogP contribution is -2.48. The fourth-order valence-electron chi connectivity index (χ4n) is 3.85. The Morgan fingerprint density at radius 2 is 1.71 bits per heavy atom. The summed E-state index contributed by atoms with van der Waals surface area (Å²) in [4.78, 5) is 35.7. The monoisotopic (exact) mass is 540 g/mol. The number of aliphatic carboxylic acids is 1. The van der Waals surface area contributed by atoms with Gasteiger partial charge in [0.25, 0.3) is 5.91 Å². The van der Waals surface area contributed by atoms with E-state index in [1.807, 2.05) is 19.9 Å². The first-order valence-corrected chi connectivity index (χ1v) is 12.6. The Morgan fingerprint density at radius 1 is 1.05 bits per heavy atom. The van der Waals surface area contributed by atoms with Crippen LogP contribution in [0.4, 0.5) is 4.79 Å². The molecule has 11 nitrogen and oxygen atoms in total. The van der Waals surface area contributed by atoms with Crippen LogP contribution < -0.4 is 20.1 Å². The van der Waals surface area contributed by atoms with Gasteiger partial charge in [-0.2, -0.15) is 0 Å². The van der Waals surface area contributed by atoms with Crippen LogP contribution in [0.5, 0.6) is 11.5 Å². The number of hydrogen-bond donors (Lipinski definition) is 4. The summed E-state index contributed by atoms with van der Waals surface area (Å²) in [6, 6.07) is 4.65. The number of aliphatic hydroxyl groups excluding tert-OH is 1. The molecule has 0 heterocycles. The molecule has 0 saturated heterocycles. The lowest BCUT2D eigenvalue weighted by atomic mass is 9.82. The first kappa shape index (κ1) is 33.0. The number of carbonyl (C=O) groups excluding carboxylic acids is 2. The number of carboxylic acid groups (broad SMARTS) is 1. The van der Waals surface area contributed by atoms with Crippen LogP contribution in [0.1, 0.15) is 53.0 Å². The fraction of sp³-hybridized carbons (Fsp3) is 0.667. The number of rotatable bonds is 15. The number of benzene rings is 1. The van der Waals surface area contributed by atoms with Gasteiger partial charge in [0, 0.05) is 20.6 Å². The van der Waals surface area contributed by atoms with Crippen LogP contribution in [0.3, 0.4) is 0 Å². The zero-order valence-electron chi connectivity index (χ0n) is 23.7. The van der Waals surface area contributed by atoms with E-state index in [1.54, 1.807) is 32.9 Å². The molecule has 0 saturated carbocycles. The number of likely N-dealkylation sites (N-methyl/N-ethyl adjacent to an activating group) is 1. The largest absolute Gasteiger partial charge is 0.493 e. The zero-order valence-corrected chi connectivity index (χ0v) is 23.7. The number of methoxy groups -OCH3 is 2. The van der Waals surface area contributed by atoms with E-state index in [4.69, 9.17) is 18.9 Å². The van der Waals surface area contributed by atoms with E-state index in [9.17, 15) is 24.6 Å². The molecule has 1 aromatic carbocycles. The highest BCUT2D eigenvalue weighted by Gasteiger charge is 2.32. The highest BCUT2D eigenvalue weighted by molar-refractivity contribution is 5.77. The van der Waals surface area contributed by atoms with Gasteiger partial charge in [0.05, 0.1) is 19.3 Å². The second-order valence-corrected chi connectivity index (χ2v) is 10.5. The molecule has 4 atom stereocenters. The predicted molar refractivity (Wildman–Crippen MR) is 141 cm³/mol. The van der Waals surface area contributed by atoms with Gasteiger partial charge in [-0.1, -0.05) is 19.9 Å². The van der Waals surface area contributed by atoms with Crippen LogP contribution in [-0.2, 0) is 25.5 Å². The number of hydrogen-bond acceptors (Lipinski definition) is 8. The predicted octanol–water partition coefficient (Wildman–Crippen LogP) is 2.77. The third-order valence-electron chi connectivity index (χ3n) is 6.05. The molecule has 0 aliphatic rings. The number of carboxylic acids is 1. The van der Waals surface area contributed by atoms with E-state index < -0.39 is 35.9 Å². The van der Waals surface area contributed by atoms with Crippen molar-refractivity contribution in [2.45, 2.75) is 77.7 Å². The number of alkyl carbamates (subject to hydrolysis) is 1. The van der Waals surface area contributed by atoms with Crippen molar-refractivity contribution in [2.75, 3.05) is 27.9 Å². The van der Waals surface area contributed by atoms with E-state index in [2.05, 4.69) is 10.6 Å². The average molecular weight is 541 g/mol. The molecule has 11 heteroatoms. The van der Waals surface area contributed by atoms with Crippen molar-refractivity contribution in [2.24, 2.45) is 11.8 Å². The molecule has 216 valence electrons. The second kappa shape index (κ2) is 15.4. The topological polar surface area (TPSA) is 153 Å². The molecule has 0 unspecified atom stereocenters. The molecule has 0 aliphatic carbocycles. The number of ether oxygens (including phenoxy) is 4. The Kier molecular flexibility index (Phi) is 13.4. The van der Waals surface area contributed by atoms with Crippen LogP contribution in [0.25, 0.3) is 0 Å². The summed E-state index contributed by atoms with van der Waals surface area (Å²) < 4.78 is 21.4. The van der Waals surface area contributed by atoms with Gasteiger partial charge >= 0.3 is 12.1 Å². The first-order chi connectivity index (χ1) is 17.7. The Morgan fingerprint density at radius 3 is 2.21 bits per heavy atom. The second-order valence-electron chi connectivity index (χ2n) is 10.5. The van der Waals surface area contributed by atoms with Crippen LogP contribution >= 0.6 is 0 Å². The maximum atomic E-state index is 12.6. The molecular formula is C27H44N2O9. The minimum atomic E-state index is -1.23. The molecular weight excluding hydrogens is 496 g/mol. The molecule has 0 bridgehead atoms. The number of carbonyl (C=O) groups is 3. The Hall–Kier alpha value is -3.05. The van der Waals surface area contributed by atoms with Crippen molar-refractivity contribution in [3.63, 3.8) is 0 Å². The number of nitrogens with one attached hydrogen (secondary N) is 2. The van der Waals surface area contributed by atoms with Crippen LogP contribution in [0.15, 0.2) is 18.2 Å². The van der Waals surface area contributed by atoms with Crippen molar-refractivity contribution in [1.82, 2.24) is 10.6 Å². The van der Waals surface area contributed by atoms with E-state index in [0.29, 0.717) is 24.3 Å². The molecule has 38 heavy (non-hydrogen) atoms. The van der Waals surface area contributed by atoms with E-state index in [0.717, 1.165) is 5.56 Å². The van der Waals surface area contributed by atoms with Crippen molar-refractivity contribution >= 4 is 18.0 Å². The molecule has 1 rings (SSSR count). The molecule has 2 amide bonds. The lowest BCUT2D eigenvalue weighted by Gasteiger charge is -2.32. The van der Waals surface area contributed by atoms with Crippen molar-refractivity contribution in [3.8, 4) is 11.5 Å². The number of amides is 2. The summed E-state index contributed by atoms with van der Waals surface area (Å²) in [5.41, 5.74) is 0.156. The molecule has 0 spiro atoms. The van der Waals surface area contributed by atoms with Gasteiger partial charge in [-0.3, -0.25) is 4.79 Å². The standard InChI is InChI=1S/C27H44N2O9/c1-16(2)18(11-17-9-10-21(35-7)22(12-17)37-15-24(31)28-6)13-19(29-26(34)38-27(3,4)5)20(30)14-23(36-8)25(32)33/h9-10,12,16,18-20,23,30H,11,13-15H2,1-8H3,(H,28,31)(H,29,34)(H,32,33)/t18-,19-,20-,23+/m0/s1. The Labute approximate surface area is 225 Å². The molecule has 0 aromatic heterocycles. The van der Waals surface area contributed by atoms with Gasteiger partial charge in [0.1, 0.15) is 5.60 Å². The summed E-state index contributed by atoms with van der Waals surface area (Å²) in [6.45, 7) is 9.09. The van der Waals surface area contributed by atoms with Crippen LogP contribution in [0, 0.1) is 11.8 Å². The van der Waals surface area contributed by atoms with Gasteiger partial charge in [-0.05, 0) is 63.1 Å². The highest BCUT2D eigenvalue weighted by Crippen LogP contribution is 2.31. The van der Waals surface area contributed by atoms with E-state index in [1.165, 1.54) is 21.3 Å². The van der Waals surface area contributed by atoms with Gasteiger partial charge < -0.3 is 39.8 Å². The summed E-state index contributed by atoms with van der Waals surface area (Å²) >= 11 is 0. The third-order valence-corrected chi connectivity index (χ3v) is 6.05. The van der Waals surface area contributed by atoms with E-state index in [-0.39, 0.29) is 30.8 Å². The lowest BCUT2D eigenvalue weighted by molar-refractivity contribution is -0.150. The van der Waals surface area contributed by atoms with Crippen molar-refractivity contribution in [1.29, 1.82) is 0 Å². The minimum Gasteiger partial charge on any atom is -0.493 e. The summed E-state index contributed by atoms with van der Waals surface area (Å²) in [6.07, 6.45) is -2.45.